The molecule has 1 radical (unpaired) electrons. The molecular weight excluding hydrogens is 537 g/mol. The van der Waals surface area contributed by atoms with Gasteiger partial charge in [0.15, 0.2) is 5.78 Å². The first-order valence-electron chi connectivity index (χ1n) is 14.4. The first-order valence-corrected chi connectivity index (χ1v) is 15.9. The third-order valence-corrected chi connectivity index (χ3v) is 7.53. The maximum atomic E-state index is 12.5. The van der Waals surface area contributed by atoms with Gasteiger partial charge in [0.1, 0.15) is 5.75 Å². The van der Waals surface area contributed by atoms with Crippen molar-refractivity contribution in [3.63, 3.8) is 0 Å². The van der Waals surface area contributed by atoms with Crippen LogP contribution in [0.2, 0.25) is 0 Å². The number of carbonyl (C=O) groups excluding carboxylic acids is 2. The van der Waals surface area contributed by atoms with Crippen LogP contribution in [-0.2, 0) is 14.9 Å². The van der Waals surface area contributed by atoms with Crippen molar-refractivity contribution in [2.45, 2.75) is 108 Å². The van der Waals surface area contributed by atoms with E-state index < -0.39 is 22.4 Å². The van der Waals surface area contributed by atoms with Crippen LogP contribution in [-0.4, -0.2) is 60.8 Å². The molecule has 0 fully saturated rings. The van der Waals surface area contributed by atoms with E-state index in [-0.39, 0.29) is 45.9 Å². The van der Waals surface area contributed by atoms with Gasteiger partial charge in [-0.05, 0) is 48.9 Å². The number of hydrogen-bond donors (Lipinski definition) is 2. The van der Waals surface area contributed by atoms with Gasteiger partial charge in [-0.3, -0.25) is 14.1 Å². The summed E-state index contributed by atoms with van der Waals surface area (Å²) in [5.74, 6) is -0.254. The summed E-state index contributed by atoms with van der Waals surface area (Å²) in [6.07, 6.45) is 18.0. The summed E-state index contributed by atoms with van der Waals surface area (Å²) in [6.45, 7) is 2.89. The molecule has 0 aliphatic heterocycles. The van der Waals surface area contributed by atoms with Crippen LogP contribution in [0.4, 0.5) is 5.69 Å². The van der Waals surface area contributed by atoms with Gasteiger partial charge in [-0.25, -0.2) is 0 Å². The maximum absolute atomic E-state index is 12.5. The van der Waals surface area contributed by atoms with Gasteiger partial charge in [0, 0.05) is 40.8 Å². The predicted octanol–water partition coefficient (Wildman–Crippen LogP) is 7.62. The molecule has 40 heavy (non-hydrogen) atoms. The molecule has 2 aromatic carbocycles. The summed E-state index contributed by atoms with van der Waals surface area (Å²) >= 11 is 0. The third kappa shape index (κ3) is 15.9. The number of rotatable bonds is 21. The summed E-state index contributed by atoms with van der Waals surface area (Å²) in [6, 6.07) is 11.9. The van der Waals surface area contributed by atoms with Crippen molar-refractivity contribution >= 4 is 57.1 Å². The molecule has 0 heterocycles. The fraction of sp³-hybridized carbons (Fsp3) is 0.548. The number of hydrogen-bond acceptors (Lipinski definition) is 5. The second-order valence-electron chi connectivity index (χ2n) is 10.1. The van der Waals surface area contributed by atoms with Crippen LogP contribution in [0.15, 0.2) is 53.4 Å². The van der Waals surface area contributed by atoms with Crippen LogP contribution in [0, 0.1) is 0 Å². The van der Waals surface area contributed by atoms with Crippen LogP contribution in [0.25, 0.3) is 0 Å². The van der Waals surface area contributed by atoms with Gasteiger partial charge >= 0.3 is 0 Å². The Morgan fingerprint density at radius 2 is 1.30 bits per heavy atom. The van der Waals surface area contributed by atoms with E-state index in [9.17, 15) is 18.0 Å². The van der Waals surface area contributed by atoms with Crippen LogP contribution in [0.1, 0.15) is 114 Å². The summed E-state index contributed by atoms with van der Waals surface area (Å²) in [5, 5.41) is 2.48. The molecule has 0 aliphatic rings. The standard InChI is InChI=1S/C31H45NO6S.Na/c1-2-3-4-5-6-7-8-9-10-11-12-13-14-15-23-38-28-21-19-26(20-22-28)30(33)25-31(34)32-27-17-16-18-29(24-27)39(35,36)37;/h16-22,24H,2-15,23,25H2,1H3,(H,32,34)(H,35,36,37);. The van der Waals surface area contributed by atoms with E-state index in [1.54, 1.807) is 24.3 Å². The number of benzene rings is 2. The largest absolute Gasteiger partial charge is 0.494 e. The molecule has 0 saturated carbocycles. The summed E-state index contributed by atoms with van der Waals surface area (Å²) < 4.78 is 37.4. The molecule has 0 aromatic heterocycles. The molecule has 2 N–H and O–H groups in total. The van der Waals surface area contributed by atoms with Gasteiger partial charge in [0.2, 0.25) is 5.91 Å². The first kappa shape index (κ1) is 36.3. The average Bonchev–Trinajstić information content (AvgIpc) is 2.90. The number of Topliss-reactive ketones (excluding diaryl/α,β-unsaturated/α-hetero) is 1. The minimum atomic E-state index is -4.38. The molecule has 7 nitrogen and oxygen atoms in total. The van der Waals surface area contributed by atoms with Gasteiger partial charge in [-0.2, -0.15) is 8.42 Å². The molecule has 2 aromatic rings. The zero-order valence-electron chi connectivity index (χ0n) is 24.3. The normalized spacial score (nSPS) is 11.1. The maximum Gasteiger partial charge on any atom is 0.294 e. The monoisotopic (exact) mass is 582 g/mol. The second kappa shape index (κ2) is 21.1. The molecule has 217 valence electrons. The molecule has 1 amide bonds. The van der Waals surface area contributed by atoms with E-state index in [1.165, 1.54) is 95.2 Å². The first-order chi connectivity index (χ1) is 18.8. The van der Waals surface area contributed by atoms with Crippen LogP contribution >= 0.6 is 0 Å². The number of ketones is 1. The predicted molar refractivity (Wildman–Crippen MR) is 162 cm³/mol. The number of ether oxygens (including phenoxy) is 1. The van der Waals surface area contributed by atoms with Gasteiger partial charge in [0.25, 0.3) is 10.1 Å². The Bertz CT molecular complexity index is 1110. The quantitative estimate of drug-likeness (QED) is 0.0515. The van der Waals surface area contributed by atoms with E-state index in [2.05, 4.69) is 12.2 Å². The molecule has 0 saturated heterocycles. The number of nitrogens with one attached hydrogen (secondary N) is 1. The zero-order valence-corrected chi connectivity index (χ0v) is 27.1. The Morgan fingerprint density at radius 1 is 0.775 bits per heavy atom. The van der Waals surface area contributed by atoms with Gasteiger partial charge in [0.05, 0.1) is 17.9 Å². The zero-order chi connectivity index (χ0) is 28.3. The summed E-state index contributed by atoms with van der Waals surface area (Å²) in [4.78, 5) is 24.3. The minimum Gasteiger partial charge on any atom is -0.494 e. The van der Waals surface area contributed by atoms with E-state index in [1.807, 2.05) is 0 Å². The molecular formula is C31H45NNaO6S. The fourth-order valence-electron chi connectivity index (χ4n) is 4.41. The van der Waals surface area contributed by atoms with Crippen LogP contribution < -0.4 is 10.1 Å². The van der Waals surface area contributed by atoms with Gasteiger partial charge < -0.3 is 10.1 Å². The average molecular weight is 583 g/mol. The number of amides is 1. The van der Waals surface area contributed by atoms with Crippen molar-refractivity contribution in [3.05, 3.63) is 54.1 Å². The molecule has 0 unspecified atom stereocenters. The molecule has 2 rings (SSSR count). The Balaban J connectivity index is 0.00000800. The van der Waals surface area contributed by atoms with E-state index in [0.717, 1.165) is 18.9 Å². The number of anilines is 1. The Hall–Kier alpha value is -1.71. The summed E-state index contributed by atoms with van der Waals surface area (Å²) in [5.41, 5.74) is 0.566. The van der Waals surface area contributed by atoms with Crippen molar-refractivity contribution in [2.75, 3.05) is 11.9 Å². The van der Waals surface area contributed by atoms with Crippen molar-refractivity contribution in [3.8, 4) is 5.75 Å². The topological polar surface area (TPSA) is 110 Å². The molecule has 0 aliphatic carbocycles. The van der Waals surface area contributed by atoms with Crippen LogP contribution in [0.3, 0.4) is 0 Å². The van der Waals surface area contributed by atoms with Crippen LogP contribution in [0.5, 0.6) is 5.75 Å². The number of unbranched alkanes of at least 4 members (excludes halogenated alkanes) is 13. The Labute approximate surface area is 262 Å². The smallest absolute Gasteiger partial charge is 0.294 e. The van der Waals surface area contributed by atoms with Crippen molar-refractivity contribution in [2.24, 2.45) is 0 Å². The molecule has 0 atom stereocenters. The Kier molecular flexibility index (Phi) is 19.1. The van der Waals surface area contributed by atoms with E-state index >= 15 is 0 Å². The minimum absolute atomic E-state index is 0. The fourth-order valence-corrected chi connectivity index (χ4v) is 4.94. The van der Waals surface area contributed by atoms with Crippen molar-refractivity contribution in [1.82, 2.24) is 0 Å². The van der Waals surface area contributed by atoms with E-state index in [0.29, 0.717) is 17.9 Å². The second-order valence-corrected chi connectivity index (χ2v) is 11.5. The SMILES string of the molecule is CCCCCCCCCCCCCCCCOc1ccc(C(=O)CC(=O)Nc2cccc(S(=O)(=O)O)c2)cc1.[Na]. The molecule has 0 spiro atoms. The van der Waals surface area contributed by atoms with Gasteiger partial charge in [-0.1, -0.05) is 96.5 Å². The Morgan fingerprint density at radius 3 is 1.82 bits per heavy atom. The third-order valence-electron chi connectivity index (χ3n) is 6.68. The van der Waals surface area contributed by atoms with Crippen molar-refractivity contribution in [1.29, 1.82) is 0 Å². The van der Waals surface area contributed by atoms with Gasteiger partial charge in [-0.15, -0.1) is 0 Å². The molecule has 0 bridgehead atoms. The van der Waals surface area contributed by atoms with Crippen molar-refractivity contribution < 1.29 is 27.3 Å². The summed E-state index contributed by atoms with van der Waals surface area (Å²) in [7, 11) is -4.38. The van der Waals surface area contributed by atoms with E-state index in [4.69, 9.17) is 9.29 Å². The molecule has 9 heteroatoms. The number of carbonyl (C=O) groups is 2.